The molecule has 0 N–H and O–H groups in total. The third-order valence-electron chi connectivity index (χ3n) is 5.51. The van der Waals surface area contributed by atoms with Gasteiger partial charge in [-0.15, -0.1) is 0 Å². The Kier molecular flexibility index (Phi) is 4.14. The number of furan rings is 1. The molecule has 2 heterocycles. The number of rotatable bonds is 3. The highest BCUT2D eigenvalue weighted by atomic mass is 28.3. The van der Waals surface area contributed by atoms with Crippen molar-refractivity contribution < 1.29 is 4.42 Å². The molecule has 29 heavy (non-hydrogen) atoms. The molecule has 0 amide bonds. The van der Waals surface area contributed by atoms with Crippen molar-refractivity contribution in [3.8, 4) is 22.4 Å². The van der Waals surface area contributed by atoms with E-state index >= 15 is 0 Å². The van der Waals surface area contributed by atoms with Crippen LogP contribution in [0.15, 0.2) is 89.5 Å². The summed E-state index contributed by atoms with van der Waals surface area (Å²) >= 11 is 0. The molecule has 2 aromatic heterocycles. The highest BCUT2D eigenvalue weighted by molar-refractivity contribution is 6.88. The SMILES string of the molecule is C[Si](C)(C)c1ccc(-c2cc3oc4ccccc4c3cc2-c2ccccc2)nc1. The van der Waals surface area contributed by atoms with E-state index in [-0.39, 0.29) is 0 Å². The summed E-state index contributed by atoms with van der Waals surface area (Å²) in [5.41, 5.74) is 6.26. The minimum Gasteiger partial charge on any atom is -0.456 e. The van der Waals surface area contributed by atoms with Crippen molar-refractivity contribution in [2.45, 2.75) is 19.6 Å². The number of para-hydroxylation sites is 1. The number of hydrogen-bond donors (Lipinski definition) is 0. The van der Waals surface area contributed by atoms with Crippen molar-refractivity contribution in [3.63, 3.8) is 0 Å². The molecule has 0 bridgehead atoms. The lowest BCUT2D eigenvalue weighted by Crippen LogP contribution is -2.37. The molecule has 0 spiro atoms. The van der Waals surface area contributed by atoms with Crippen molar-refractivity contribution in [2.24, 2.45) is 0 Å². The summed E-state index contributed by atoms with van der Waals surface area (Å²) in [5, 5.41) is 3.66. The lowest BCUT2D eigenvalue weighted by atomic mass is 9.95. The highest BCUT2D eigenvalue weighted by Gasteiger charge is 2.18. The van der Waals surface area contributed by atoms with Crippen molar-refractivity contribution in [2.75, 3.05) is 0 Å². The Hall–Kier alpha value is -3.17. The quantitative estimate of drug-likeness (QED) is 0.313. The van der Waals surface area contributed by atoms with Gasteiger partial charge in [-0.05, 0) is 40.6 Å². The predicted octanol–water partition coefficient (Wildman–Crippen LogP) is 6.86. The molecular weight excluding hydrogens is 370 g/mol. The van der Waals surface area contributed by atoms with Gasteiger partial charge in [0.25, 0.3) is 0 Å². The lowest BCUT2D eigenvalue weighted by molar-refractivity contribution is 0.669. The maximum Gasteiger partial charge on any atom is 0.136 e. The molecule has 0 aliphatic rings. The van der Waals surface area contributed by atoms with Crippen molar-refractivity contribution in [3.05, 3.63) is 85.1 Å². The first-order valence-electron chi connectivity index (χ1n) is 9.98. The monoisotopic (exact) mass is 393 g/mol. The van der Waals surface area contributed by atoms with E-state index in [2.05, 4.69) is 92.6 Å². The van der Waals surface area contributed by atoms with Gasteiger partial charge in [-0.25, -0.2) is 0 Å². The van der Waals surface area contributed by atoms with E-state index in [0.717, 1.165) is 33.2 Å². The Balaban J connectivity index is 1.78. The summed E-state index contributed by atoms with van der Waals surface area (Å²) in [6.07, 6.45) is 2.05. The van der Waals surface area contributed by atoms with Crippen molar-refractivity contribution >= 4 is 35.2 Å². The molecule has 0 saturated heterocycles. The van der Waals surface area contributed by atoms with Crippen molar-refractivity contribution in [1.29, 1.82) is 0 Å². The van der Waals surface area contributed by atoms with Gasteiger partial charge in [0.2, 0.25) is 0 Å². The van der Waals surface area contributed by atoms with Gasteiger partial charge in [-0.3, -0.25) is 4.98 Å². The van der Waals surface area contributed by atoms with E-state index in [4.69, 9.17) is 9.40 Å². The van der Waals surface area contributed by atoms with E-state index < -0.39 is 8.07 Å². The van der Waals surface area contributed by atoms with Crippen molar-refractivity contribution in [1.82, 2.24) is 4.98 Å². The van der Waals surface area contributed by atoms with Gasteiger partial charge in [-0.1, -0.05) is 74.2 Å². The molecule has 0 aliphatic carbocycles. The first-order chi connectivity index (χ1) is 14.0. The van der Waals surface area contributed by atoms with Crippen LogP contribution in [0.2, 0.25) is 19.6 Å². The zero-order valence-corrected chi connectivity index (χ0v) is 17.9. The van der Waals surface area contributed by atoms with Gasteiger partial charge in [0, 0.05) is 22.5 Å². The normalized spacial score (nSPS) is 12.0. The van der Waals surface area contributed by atoms with Crippen LogP contribution in [-0.2, 0) is 0 Å². The van der Waals surface area contributed by atoms with Crippen LogP contribution in [0.1, 0.15) is 0 Å². The van der Waals surface area contributed by atoms with E-state index in [1.54, 1.807) is 0 Å². The van der Waals surface area contributed by atoms with Crippen LogP contribution in [0.3, 0.4) is 0 Å². The molecule has 0 saturated carbocycles. The summed E-state index contributed by atoms with van der Waals surface area (Å²) in [5.74, 6) is 0. The minimum atomic E-state index is -1.38. The van der Waals surface area contributed by atoms with Crippen LogP contribution in [-0.4, -0.2) is 13.1 Å². The fourth-order valence-corrected chi connectivity index (χ4v) is 4.87. The molecular formula is C26H23NOSi. The summed E-state index contributed by atoms with van der Waals surface area (Å²) in [7, 11) is -1.38. The molecule has 0 radical (unpaired) electrons. The molecule has 2 nitrogen and oxygen atoms in total. The summed E-state index contributed by atoms with van der Waals surface area (Å²) < 4.78 is 6.16. The van der Waals surface area contributed by atoms with Crippen LogP contribution in [0.25, 0.3) is 44.3 Å². The molecule has 5 rings (SSSR count). The van der Waals surface area contributed by atoms with Gasteiger partial charge in [0.05, 0.1) is 13.8 Å². The first-order valence-corrected chi connectivity index (χ1v) is 13.5. The number of nitrogens with zero attached hydrogens (tertiary/aromatic N) is 1. The standard InChI is InChI=1S/C26H23NOSi/c1-29(2,3)19-13-14-24(27-17-19)22-16-26-23(20-11-7-8-12-25(20)28-26)15-21(22)18-9-5-4-6-10-18/h4-17H,1-3H3. The second-order valence-corrected chi connectivity index (χ2v) is 13.6. The van der Waals surface area contributed by atoms with Crippen LogP contribution < -0.4 is 5.19 Å². The Bertz CT molecular complexity index is 1310. The topological polar surface area (TPSA) is 26.0 Å². The Morgan fingerprint density at radius 2 is 1.45 bits per heavy atom. The third-order valence-corrected chi connectivity index (χ3v) is 7.53. The molecule has 0 unspecified atom stereocenters. The fourth-order valence-electron chi connectivity index (χ4n) is 3.84. The summed E-state index contributed by atoms with van der Waals surface area (Å²) in [6.45, 7) is 7.04. The predicted molar refractivity (Wildman–Crippen MR) is 125 cm³/mol. The van der Waals surface area contributed by atoms with E-state index in [1.165, 1.54) is 16.3 Å². The number of fused-ring (bicyclic) bond motifs is 3. The smallest absolute Gasteiger partial charge is 0.136 e. The average Bonchev–Trinajstić information content (AvgIpc) is 3.10. The Labute approximate surface area is 171 Å². The van der Waals surface area contributed by atoms with Crippen LogP contribution >= 0.6 is 0 Å². The molecule has 0 fully saturated rings. The molecule has 3 heteroatoms. The zero-order chi connectivity index (χ0) is 20.0. The Morgan fingerprint density at radius 3 is 2.17 bits per heavy atom. The molecule has 0 aliphatic heterocycles. The number of benzene rings is 3. The molecule has 0 atom stereocenters. The van der Waals surface area contributed by atoms with E-state index in [1.807, 2.05) is 12.1 Å². The number of hydrogen-bond acceptors (Lipinski definition) is 2. The molecule has 142 valence electrons. The minimum absolute atomic E-state index is 0.900. The Morgan fingerprint density at radius 1 is 0.690 bits per heavy atom. The summed E-state index contributed by atoms with van der Waals surface area (Å²) in [6, 6.07) is 27.5. The third kappa shape index (κ3) is 3.18. The number of pyridine rings is 1. The highest BCUT2D eigenvalue weighted by Crippen LogP contribution is 2.38. The molecule has 5 aromatic rings. The van der Waals surface area contributed by atoms with Gasteiger partial charge in [0.1, 0.15) is 11.2 Å². The van der Waals surface area contributed by atoms with Gasteiger partial charge < -0.3 is 4.42 Å². The van der Waals surface area contributed by atoms with Crippen LogP contribution in [0, 0.1) is 0 Å². The average molecular weight is 394 g/mol. The summed E-state index contributed by atoms with van der Waals surface area (Å²) in [4.78, 5) is 4.86. The maximum absolute atomic E-state index is 6.16. The second-order valence-electron chi connectivity index (χ2n) is 8.54. The lowest BCUT2D eigenvalue weighted by Gasteiger charge is -2.17. The van der Waals surface area contributed by atoms with Gasteiger partial charge >= 0.3 is 0 Å². The largest absolute Gasteiger partial charge is 0.456 e. The maximum atomic E-state index is 6.16. The van der Waals surface area contributed by atoms with Gasteiger partial charge in [0.15, 0.2) is 0 Å². The van der Waals surface area contributed by atoms with E-state index in [9.17, 15) is 0 Å². The van der Waals surface area contributed by atoms with Crippen LogP contribution in [0.4, 0.5) is 0 Å². The second kappa shape index (κ2) is 6.71. The fraction of sp³-hybridized carbons (Fsp3) is 0.115. The van der Waals surface area contributed by atoms with Crippen LogP contribution in [0.5, 0.6) is 0 Å². The molecule has 3 aromatic carbocycles. The zero-order valence-electron chi connectivity index (χ0n) is 16.9. The first kappa shape index (κ1) is 17.9. The van der Waals surface area contributed by atoms with Gasteiger partial charge in [-0.2, -0.15) is 0 Å². The number of aromatic nitrogens is 1. The van der Waals surface area contributed by atoms with E-state index in [0.29, 0.717) is 0 Å².